The fraction of sp³-hybridized carbons (Fsp3) is 0.450. The second-order valence-corrected chi connectivity index (χ2v) is 10.0. The van der Waals surface area contributed by atoms with Gasteiger partial charge < -0.3 is 9.88 Å². The predicted octanol–water partition coefficient (Wildman–Crippen LogP) is 3.36. The Labute approximate surface area is 161 Å². The minimum atomic E-state index is -3.54. The second kappa shape index (κ2) is 7.13. The van der Waals surface area contributed by atoms with Gasteiger partial charge in [0.05, 0.1) is 0 Å². The van der Waals surface area contributed by atoms with Crippen LogP contribution in [0.25, 0.3) is 0 Å². The summed E-state index contributed by atoms with van der Waals surface area (Å²) in [6.07, 6.45) is 3.26. The molecule has 1 fully saturated rings. The molecule has 0 saturated carbocycles. The molecular formula is C20H27N3O3S. The number of nitrogens with one attached hydrogen (secondary N) is 1. The van der Waals surface area contributed by atoms with Crippen molar-refractivity contribution in [3.05, 3.63) is 47.8 Å². The van der Waals surface area contributed by atoms with Crippen LogP contribution in [0.1, 0.15) is 49.7 Å². The Hall–Kier alpha value is -2.12. The van der Waals surface area contributed by atoms with Crippen LogP contribution in [0.3, 0.4) is 0 Å². The van der Waals surface area contributed by atoms with Gasteiger partial charge in [0.1, 0.15) is 10.6 Å². The first-order valence-corrected chi connectivity index (χ1v) is 10.6. The number of carbonyl (C=O) groups excluding carboxylic acids is 1. The Kier molecular flexibility index (Phi) is 5.18. The van der Waals surface area contributed by atoms with Crippen LogP contribution in [0.4, 0.5) is 5.69 Å². The molecule has 0 spiro atoms. The van der Waals surface area contributed by atoms with Gasteiger partial charge in [0.25, 0.3) is 5.91 Å². The van der Waals surface area contributed by atoms with E-state index in [9.17, 15) is 13.2 Å². The Morgan fingerprint density at radius 3 is 2.22 bits per heavy atom. The van der Waals surface area contributed by atoms with Crippen molar-refractivity contribution < 1.29 is 13.2 Å². The van der Waals surface area contributed by atoms with Gasteiger partial charge in [0, 0.05) is 32.0 Å². The van der Waals surface area contributed by atoms with Gasteiger partial charge in [-0.1, -0.05) is 32.9 Å². The molecule has 1 N–H and O–H groups in total. The highest BCUT2D eigenvalue weighted by molar-refractivity contribution is 7.89. The molecule has 2 aromatic rings. The van der Waals surface area contributed by atoms with Gasteiger partial charge in [0.2, 0.25) is 10.0 Å². The third-order valence-electron chi connectivity index (χ3n) is 4.92. The maximum absolute atomic E-state index is 12.7. The molecule has 0 atom stereocenters. The third-order valence-corrected chi connectivity index (χ3v) is 6.79. The zero-order chi connectivity index (χ0) is 19.8. The molecule has 0 aliphatic carbocycles. The predicted molar refractivity (Wildman–Crippen MR) is 107 cm³/mol. The van der Waals surface area contributed by atoms with Crippen molar-refractivity contribution in [1.29, 1.82) is 0 Å². The summed E-state index contributed by atoms with van der Waals surface area (Å²) in [6.45, 7) is 7.48. The van der Waals surface area contributed by atoms with Gasteiger partial charge in [-0.15, -0.1) is 0 Å². The van der Waals surface area contributed by atoms with Crippen LogP contribution < -0.4 is 5.32 Å². The molecule has 6 nitrogen and oxygen atoms in total. The summed E-state index contributed by atoms with van der Waals surface area (Å²) < 4.78 is 28.4. The largest absolute Gasteiger partial charge is 0.345 e. The molecule has 27 heavy (non-hydrogen) atoms. The molecule has 0 bridgehead atoms. The number of anilines is 1. The number of aromatic nitrogens is 1. The number of rotatable bonds is 4. The van der Waals surface area contributed by atoms with Crippen LogP contribution in [-0.2, 0) is 22.5 Å². The average Bonchev–Trinajstić information content (AvgIpc) is 3.24. The van der Waals surface area contributed by atoms with Crippen LogP contribution in [0.2, 0.25) is 0 Å². The highest BCUT2D eigenvalue weighted by Gasteiger charge is 2.29. The smallest absolute Gasteiger partial charge is 0.272 e. The van der Waals surface area contributed by atoms with Crippen molar-refractivity contribution >= 4 is 21.6 Å². The van der Waals surface area contributed by atoms with Crippen molar-refractivity contribution in [2.24, 2.45) is 7.05 Å². The molecule has 0 radical (unpaired) electrons. The zero-order valence-corrected chi connectivity index (χ0v) is 17.1. The Bertz CT molecular complexity index is 932. The van der Waals surface area contributed by atoms with Gasteiger partial charge in [-0.3, -0.25) is 4.79 Å². The summed E-state index contributed by atoms with van der Waals surface area (Å²) in [7, 11) is -1.86. The first-order valence-electron chi connectivity index (χ1n) is 9.17. The number of nitrogens with zero attached hydrogens (tertiary/aromatic N) is 2. The average molecular weight is 390 g/mol. The van der Waals surface area contributed by atoms with Crippen LogP contribution in [0.5, 0.6) is 0 Å². The van der Waals surface area contributed by atoms with E-state index in [4.69, 9.17) is 0 Å². The van der Waals surface area contributed by atoms with E-state index in [1.54, 1.807) is 11.6 Å². The fourth-order valence-corrected chi connectivity index (χ4v) is 4.82. The Morgan fingerprint density at radius 2 is 1.67 bits per heavy atom. The first-order chi connectivity index (χ1) is 12.6. The van der Waals surface area contributed by atoms with Crippen LogP contribution in [0, 0.1) is 0 Å². The number of amides is 1. The fourth-order valence-electron chi connectivity index (χ4n) is 3.23. The monoisotopic (exact) mass is 389 g/mol. The molecular weight excluding hydrogens is 362 g/mol. The molecule has 1 aromatic heterocycles. The summed E-state index contributed by atoms with van der Waals surface area (Å²) >= 11 is 0. The van der Waals surface area contributed by atoms with Crippen molar-refractivity contribution in [1.82, 2.24) is 8.87 Å². The zero-order valence-electron chi connectivity index (χ0n) is 16.3. The number of aryl methyl sites for hydroxylation is 1. The van der Waals surface area contributed by atoms with Crippen LogP contribution in [0.15, 0.2) is 41.4 Å². The number of benzene rings is 1. The van der Waals surface area contributed by atoms with E-state index in [1.807, 2.05) is 24.3 Å². The van der Waals surface area contributed by atoms with E-state index in [2.05, 4.69) is 26.1 Å². The summed E-state index contributed by atoms with van der Waals surface area (Å²) in [5.41, 5.74) is 2.21. The molecule has 0 unspecified atom stereocenters. The summed E-state index contributed by atoms with van der Waals surface area (Å²) in [4.78, 5) is 12.8. The molecule has 1 aliphatic rings. The van der Waals surface area contributed by atoms with Gasteiger partial charge in [0.15, 0.2) is 0 Å². The molecule has 3 rings (SSSR count). The quantitative estimate of drug-likeness (QED) is 0.872. The van der Waals surface area contributed by atoms with E-state index in [-0.39, 0.29) is 16.2 Å². The minimum absolute atomic E-state index is 0.0412. The Morgan fingerprint density at radius 1 is 1.07 bits per heavy atom. The van der Waals surface area contributed by atoms with Gasteiger partial charge >= 0.3 is 0 Å². The van der Waals surface area contributed by atoms with E-state index in [0.717, 1.165) is 12.8 Å². The van der Waals surface area contributed by atoms with Gasteiger partial charge in [-0.2, -0.15) is 4.31 Å². The molecule has 1 aromatic carbocycles. The third kappa shape index (κ3) is 4.09. The molecule has 146 valence electrons. The first kappa shape index (κ1) is 19.6. The molecule has 1 saturated heterocycles. The van der Waals surface area contributed by atoms with Gasteiger partial charge in [-0.05, 0) is 42.0 Å². The normalized spacial score (nSPS) is 15.9. The maximum atomic E-state index is 12.7. The lowest BCUT2D eigenvalue weighted by atomic mass is 9.87. The van der Waals surface area contributed by atoms with Crippen molar-refractivity contribution in [3.63, 3.8) is 0 Å². The lowest BCUT2D eigenvalue weighted by Crippen LogP contribution is -2.27. The molecule has 2 heterocycles. The number of hydrogen-bond acceptors (Lipinski definition) is 3. The number of hydrogen-bond donors (Lipinski definition) is 1. The summed E-state index contributed by atoms with van der Waals surface area (Å²) in [5, 5.41) is 2.84. The topological polar surface area (TPSA) is 71.4 Å². The maximum Gasteiger partial charge on any atom is 0.272 e. The van der Waals surface area contributed by atoms with Gasteiger partial charge in [-0.25, -0.2) is 8.42 Å². The minimum Gasteiger partial charge on any atom is -0.345 e. The Balaban J connectivity index is 1.79. The molecule has 1 aliphatic heterocycles. The summed E-state index contributed by atoms with van der Waals surface area (Å²) in [6, 6.07) is 9.16. The van der Waals surface area contributed by atoms with E-state index < -0.39 is 10.0 Å². The van der Waals surface area contributed by atoms with Crippen molar-refractivity contribution in [2.45, 2.75) is 43.9 Å². The highest BCUT2D eigenvalue weighted by Crippen LogP contribution is 2.25. The lowest BCUT2D eigenvalue weighted by molar-refractivity contribution is 0.101. The summed E-state index contributed by atoms with van der Waals surface area (Å²) in [5.74, 6) is -0.330. The SMILES string of the molecule is Cn1cc(S(=O)(=O)N2CCCC2)cc1C(=O)Nc1ccc(C(C)(C)C)cc1. The van der Waals surface area contributed by atoms with Crippen LogP contribution >= 0.6 is 0 Å². The highest BCUT2D eigenvalue weighted by atomic mass is 32.2. The second-order valence-electron chi connectivity index (χ2n) is 8.06. The van der Waals surface area contributed by atoms with E-state index in [0.29, 0.717) is 24.5 Å². The molecule has 7 heteroatoms. The molecule has 1 amide bonds. The van der Waals surface area contributed by atoms with Crippen LogP contribution in [-0.4, -0.2) is 36.3 Å². The van der Waals surface area contributed by atoms with E-state index in [1.165, 1.54) is 22.1 Å². The van der Waals surface area contributed by atoms with Crippen molar-refractivity contribution in [2.75, 3.05) is 18.4 Å². The standard InChI is InChI=1S/C20H27N3O3S/c1-20(2,3)15-7-9-16(10-8-15)21-19(24)18-13-17(14-22(18)4)27(25,26)23-11-5-6-12-23/h7-10,13-14H,5-6,11-12H2,1-4H3,(H,21,24). The lowest BCUT2D eigenvalue weighted by Gasteiger charge is -2.19. The van der Waals surface area contributed by atoms with Crippen molar-refractivity contribution in [3.8, 4) is 0 Å². The van der Waals surface area contributed by atoms with E-state index >= 15 is 0 Å². The number of carbonyl (C=O) groups is 1. The number of sulfonamides is 1.